The highest BCUT2D eigenvalue weighted by Gasteiger charge is 2.20. The van der Waals surface area contributed by atoms with Crippen LogP contribution >= 0.6 is 0 Å². The van der Waals surface area contributed by atoms with Gasteiger partial charge in [-0.25, -0.2) is 0 Å². The van der Waals surface area contributed by atoms with Crippen molar-refractivity contribution in [2.24, 2.45) is 0 Å². The summed E-state index contributed by atoms with van der Waals surface area (Å²) in [5.41, 5.74) is 1.21. The maximum atomic E-state index is 8.80. The molecule has 1 saturated carbocycles. The van der Waals surface area contributed by atoms with Crippen LogP contribution in [-0.2, 0) is 0 Å². The van der Waals surface area contributed by atoms with E-state index < -0.39 is 0 Å². The summed E-state index contributed by atoms with van der Waals surface area (Å²) in [5, 5.41) is 35.2. The van der Waals surface area contributed by atoms with Crippen LogP contribution in [0.25, 0.3) is 0 Å². The first-order valence-electron chi connectivity index (χ1n) is 4.85. The molecule has 0 unspecified atom stereocenters. The normalized spacial score (nSPS) is 14.0. The van der Waals surface area contributed by atoms with E-state index in [1.165, 1.54) is 0 Å². The zero-order valence-electron chi connectivity index (χ0n) is 8.62. The van der Waals surface area contributed by atoms with Gasteiger partial charge in [-0.2, -0.15) is 21.0 Å². The van der Waals surface area contributed by atoms with E-state index in [1.807, 2.05) is 24.3 Å². The molecule has 0 radical (unpaired) electrons. The first-order valence-corrected chi connectivity index (χ1v) is 4.85. The van der Waals surface area contributed by atoms with Gasteiger partial charge in [0.25, 0.3) is 0 Å². The average molecular weight is 208 g/mol. The molecular weight excluding hydrogens is 200 g/mol. The number of nitriles is 4. The number of hydrogen-bond donors (Lipinski definition) is 0. The quantitative estimate of drug-likeness (QED) is 0.570. The summed E-state index contributed by atoms with van der Waals surface area (Å²) in [7, 11) is 0. The molecule has 0 heterocycles. The van der Waals surface area contributed by atoms with Crippen molar-refractivity contribution in [3.63, 3.8) is 0 Å². The molecule has 0 saturated heterocycles. The number of hydrogen-bond acceptors (Lipinski definition) is 4. The Morgan fingerprint density at radius 3 is 1.25 bits per heavy atom. The molecular formula is C12H8N4. The average Bonchev–Trinajstić information content (AvgIpc) is 2.34. The van der Waals surface area contributed by atoms with E-state index in [2.05, 4.69) is 0 Å². The standard InChI is InChI=1S/C12H8N4/c13-5-9(6-14)11-3-1-2-4-12(11)10(7-15)8-16/h1-4H2. The lowest BCUT2D eigenvalue weighted by atomic mass is 9.84. The van der Waals surface area contributed by atoms with Crippen LogP contribution in [-0.4, -0.2) is 0 Å². The SMILES string of the molecule is N#CC(C#N)=C1CCCCC1=C(C#N)C#N. The van der Waals surface area contributed by atoms with Gasteiger partial charge in [-0.05, 0) is 36.8 Å². The Balaban J connectivity index is 3.41. The van der Waals surface area contributed by atoms with Crippen molar-refractivity contribution in [3.05, 3.63) is 22.3 Å². The van der Waals surface area contributed by atoms with Crippen LogP contribution in [0.1, 0.15) is 25.7 Å². The molecule has 0 N–H and O–H groups in total. The van der Waals surface area contributed by atoms with Gasteiger partial charge in [0, 0.05) is 0 Å². The molecule has 0 aromatic carbocycles. The summed E-state index contributed by atoms with van der Waals surface area (Å²) in [4.78, 5) is 0. The van der Waals surface area contributed by atoms with Gasteiger partial charge in [-0.1, -0.05) is 0 Å². The van der Waals surface area contributed by atoms with Crippen LogP contribution in [0, 0.1) is 45.3 Å². The second-order valence-corrected chi connectivity index (χ2v) is 3.36. The van der Waals surface area contributed by atoms with E-state index in [-0.39, 0.29) is 11.1 Å². The van der Waals surface area contributed by atoms with Gasteiger partial charge >= 0.3 is 0 Å². The fourth-order valence-corrected chi connectivity index (χ4v) is 1.78. The third-order valence-corrected chi connectivity index (χ3v) is 2.52. The molecule has 4 nitrogen and oxygen atoms in total. The van der Waals surface area contributed by atoms with Crippen LogP contribution in [0.3, 0.4) is 0 Å². The molecule has 0 atom stereocenters. The molecule has 0 aromatic heterocycles. The first-order chi connectivity index (χ1) is 7.78. The fourth-order valence-electron chi connectivity index (χ4n) is 1.78. The van der Waals surface area contributed by atoms with Crippen LogP contribution in [0.5, 0.6) is 0 Å². The molecule has 76 valence electrons. The lowest BCUT2D eigenvalue weighted by Gasteiger charge is -2.17. The molecule has 1 aliphatic carbocycles. The number of allylic oxidation sites excluding steroid dienone is 4. The Morgan fingerprint density at radius 1 is 0.688 bits per heavy atom. The molecule has 4 heteroatoms. The van der Waals surface area contributed by atoms with Crippen molar-refractivity contribution in [2.75, 3.05) is 0 Å². The smallest absolute Gasteiger partial charge is 0.133 e. The molecule has 0 amide bonds. The van der Waals surface area contributed by atoms with E-state index in [1.54, 1.807) is 0 Å². The van der Waals surface area contributed by atoms with Gasteiger partial charge in [-0.15, -0.1) is 0 Å². The maximum absolute atomic E-state index is 8.80. The van der Waals surface area contributed by atoms with Crippen molar-refractivity contribution in [1.29, 1.82) is 21.0 Å². The molecule has 0 bridgehead atoms. The number of nitrogens with zero attached hydrogens (tertiary/aromatic N) is 4. The Hall–Kier alpha value is -2.56. The van der Waals surface area contributed by atoms with Crippen LogP contribution in [0.2, 0.25) is 0 Å². The lowest BCUT2D eigenvalue weighted by Crippen LogP contribution is -2.04. The predicted molar refractivity (Wildman–Crippen MR) is 55.0 cm³/mol. The zero-order chi connectivity index (χ0) is 12.0. The lowest BCUT2D eigenvalue weighted by molar-refractivity contribution is 0.675. The molecule has 1 aliphatic rings. The maximum Gasteiger partial charge on any atom is 0.133 e. The molecule has 16 heavy (non-hydrogen) atoms. The molecule has 0 aromatic rings. The van der Waals surface area contributed by atoms with Crippen molar-refractivity contribution in [1.82, 2.24) is 0 Å². The van der Waals surface area contributed by atoms with Gasteiger partial charge in [0.05, 0.1) is 0 Å². The summed E-state index contributed by atoms with van der Waals surface area (Å²) in [6, 6.07) is 7.28. The second kappa shape index (κ2) is 5.35. The van der Waals surface area contributed by atoms with Crippen molar-refractivity contribution < 1.29 is 0 Å². The Bertz CT molecular complexity index is 441. The zero-order valence-corrected chi connectivity index (χ0v) is 8.62. The summed E-state index contributed by atoms with van der Waals surface area (Å²) in [6.45, 7) is 0. The van der Waals surface area contributed by atoms with Crippen LogP contribution in [0.15, 0.2) is 22.3 Å². The summed E-state index contributed by atoms with van der Waals surface area (Å²) in [5.74, 6) is 0. The fraction of sp³-hybridized carbons (Fsp3) is 0.333. The van der Waals surface area contributed by atoms with Crippen molar-refractivity contribution in [2.45, 2.75) is 25.7 Å². The topological polar surface area (TPSA) is 95.2 Å². The van der Waals surface area contributed by atoms with Crippen LogP contribution in [0.4, 0.5) is 0 Å². The predicted octanol–water partition coefficient (Wildman–Crippen LogP) is 2.25. The minimum absolute atomic E-state index is 0.0256. The highest BCUT2D eigenvalue weighted by molar-refractivity contribution is 5.56. The molecule has 1 rings (SSSR count). The number of rotatable bonds is 0. The van der Waals surface area contributed by atoms with Crippen LogP contribution < -0.4 is 0 Å². The molecule has 0 aliphatic heterocycles. The third-order valence-electron chi connectivity index (χ3n) is 2.52. The largest absolute Gasteiger partial charge is 0.192 e. The Labute approximate surface area is 93.9 Å². The Kier molecular flexibility index (Phi) is 3.85. The van der Waals surface area contributed by atoms with Gasteiger partial charge in [0.15, 0.2) is 0 Å². The van der Waals surface area contributed by atoms with Gasteiger partial charge < -0.3 is 0 Å². The Morgan fingerprint density at radius 2 is 1.00 bits per heavy atom. The summed E-state index contributed by atoms with van der Waals surface area (Å²) in [6.07, 6.45) is 2.96. The highest BCUT2D eigenvalue weighted by Crippen LogP contribution is 2.32. The van der Waals surface area contributed by atoms with E-state index in [0.29, 0.717) is 24.0 Å². The molecule has 0 spiro atoms. The van der Waals surface area contributed by atoms with Crippen molar-refractivity contribution >= 4 is 0 Å². The monoisotopic (exact) mass is 208 g/mol. The van der Waals surface area contributed by atoms with Gasteiger partial charge in [-0.3, -0.25) is 0 Å². The summed E-state index contributed by atoms with van der Waals surface area (Å²) < 4.78 is 0. The van der Waals surface area contributed by atoms with Gasteiger partial charge in [0.1, 0.15) is 35.4 Å². The minimum atomic E-state index is 0.0256. The van der Waals surface area contributed by atoms with E-state index in [0.717, 1.165) is 12.8 Å². The first kappa shape index (κ1) is 11.5. The van der Waals surface area contributed by atoms with Gasteiger partial charge in [0.2, 0.25) is 0 Å². The van der Waals surface area contributed by atoms with Crippen molar-refractivity contribution in [3.8, 4) is 24.3 Å². The summed E-state index contributed by atoms with van der Waals surface area (Å²) >= 11 is 0. The highest BCUT2D eigenvalue weighted by atomic mass is 14.3. The minimum Gasteiger partial charge on any atom is -0.192 e. The van der Waals surface area contributed by atoms with E-state index in [4.69, 9.17) is 21.0 Å². The third kappa shape index (κ3) is 2.09. The van der Waals surface area contributed by atoms with E-state index >= 15 is 0 Å². The molecule has 1 fully saturated rings. The second-order valence-electron chi connectivity index (χ2n) is 3.36. The van der Waals surface area contributed by atoms with E-state index in [9.17, 15) is 0 Å².